The highest BCUT2D eigenvalue weighted by Gasteiger charge is 2.50. The molecule has 1 unspecified atom stereocenters. The van der Waals surface area contributed by atoms with E-state index in [4.69, 9.17) is 11.6 Å². The molecule has 2 amide bonds. The molecule has 0 spiro atoms. The van der Waals surface area contributed by atoms with Crippen LogP contribution in [0.4, 0.5) is 4.39 Å². The Labute approximate surface area is 144 Å². The summed E-state index contributed by atoms with van der Waals surface area (Å²) in [6, 6.07) is 1.46. The second-order valence-electron chi connectivity index (χ2n) is 6.54. The number of nitrogens with zero attached hydrogens (tertiary/aromatic N) is 2. The molecule has 0 saturated carbocycles. The zero-order valence-electron chi connectivity index (χ0n) is 13.6. The van der Waals surface area contributed by atoms with Crippen LogP contribution in [-0.4, -0.2) is 28.7 Å². The Balaban J connectivity index is 1.90. The molecule has 24 heavy (non-hydrogen) atoms. The summed E-state index contributed by atoms with van der Waals surface area (Å²) in [5.74, 6) is -1.26. The van der Waals surface area contributed by atoms with Crippen molar-refractivity contribution in [2.24, 2.45) is 11.3 Å². The van der Waals surface area contributed by atoms with Crippen molar-refractivity contribution in [2.45, 2.75) is 20.3 Å². The lowest BCUT2D eigenvalue weighted by atomic mass is 9.76. The van der Waals surface area contributed by atoms with Gasteiger partial charge in [0.2, 0.25) is 5.91 Å². The fourth-order valence-corrected chi connectivity index (χ4v) is 3.43. The summed E-state index contributed by atoms with van der Waals surface area (Å²) >= 11 is 5.94. The lowest BCUT2D eigenvalue weighted by molar-refractivity contribution is -0.133. The number of pyridine rings is 1. The molecule has 1 atom stereocenters. The molecule has 1 aliphatic heterocycles. The fraction of sp³-hybridized carbons (Fsp3) is 0.353. The Morgan fingerprint density at radius 2 is 2.21 bits per heavy atom. The van der Waals surface area contributed by atoms with Gasteiger partial charge >= 0.3 is 0 Å². The van der Waals surface area contributed by atoms with Gasteiger partial charge < -0.3 is 10.2 Å². The lowest BCUT2D eigenvalue weighted by Gasteiger charge is -2.26. The Morgan fingerprint density at radius 1 is 1.50 bits per heavy atom. The predicted octanol–water partition coefficient (Wildman–Crippen LogP) is 3.05. The van der Waals surface area contributed by atoms with Gasteiger partial charge in [-0.2, -0.15) is 0 Å². The summed E-state index contributed by atoms with van der Waals surface area (Å²) in [4.78, 5) is 30.0. The number of carbonyl (C=O) groups excluding carboxylic acids is 2. The van der Waals surface area contributed by atoms with Crippen molar-refractivity contribution in [3.05, 3.63) is 52.3 Å². The quantitative estimate of drug-likeness (QED) is 0.892. The van der Waals surface area contributed by atoms with E-state index in [2.05, 4.69) is 10.3 Å². The average molecular weight is 350 g/mol. The molecule has 1 aliphatic carbocycles. The Hall–Kier alpha value is -2.21. The Bertz CT molecular complexity index is 801. The van der Waals surface area contributed by atoms with Gasteiger partial charge in [-0.05, 0) is 12.1 Å². The van der Waals surface area contributed by atoms with E-state index in [0.717, 1.165) is 0 Å². The molecule has 1 aromatic rings. The van der Waals surface area contributed by atoms with E-state index >= 15 is 0 Å². The third-order valence-corrected chi connectivity index (χ3v) is 5.01. The van der Waals surface area contributed by atoms with Gasteiger partial charge in [0.05, 0.1) is 21.7 Å². The minimum atomic E-state index is -0.665. The first-order valence-corrected chi connectivity index (χ1v) is 7.90. The summed E-state index contributed by atoms with van der Waals surface area (Å²) in [6.07, 6.45) is 4.40. The molecule has 5 nitrogen and oxygen atoms in total. The highest BCUT2D eigenvalue weighted by atomic mass is 35.5. The molecule has 1 fully saturated rings. The maximum atomic E-state index is 14.5. The number of likely N-dealkylation sites (tertiary alicyclic amines) is 1. The zero-order chi connectivity index (χ0) is 17.6. The van der Waals surface area contributed by atoms with Crippen molar-refractivity contribution in [1.29, 1.82) is 0 Å². The second kappa shape index (κ2) is 5.70. The van der Waals surface area contributed by atoms with Crippen molar-refractivity contribution in [1.82, 2.24) is 15.2 Å². The minimum Gasteiger partial charge on any atom is -0.320 e. The van der Waals surface area contributed by atoms with Gasteiger partial charge in [0, 0.05) is 37.5 Å². The molecule has 1 aromatic heterocycles. The molecule has 1 N–H and O–H groups in total. The van der Waals surface area contributed by atoms with Gasteiger partial charge in [0.15, 0.2) is 0 Å². The van der Waals surface area contributed by atoms with Crippen LogP contribution in [0.1, 0.15) is 30.6 Å². The Morgan fingerprint density at radius 3 is 2.88 bits per heavy atom. The third-order valence-electron chi connectivity index (χ3n) is 4.70. The number of rotatable bonds is 2. The number of amides is 2. The largest absolute Gasteiger partial charge is 0.320 e. The van der Waals surface area contributed by atoms with Crippen LogP contribution in [0.5, 0.6) is 0 Å². The van der Waals surface area contributed by atoms with Gasteiger partial charge in [-0.15, -0.1) is 0 Å². The van der Waals surface area contributed by atoms with Gasteiger partial charge in [0.25, 0.3) is 5.91 Å². The number of allylic oxidation sites excluding steroid dienone is 3. The van der Waals surface area contributed by atoms with Gasteiger partial charge in [-0.1, -0.05) is 25.4 Å². The molecule has 0 bridgehead atoms. The van der Waals surface area contributed by atoms with Crippen molar-refractivity contribution in [3.8, 4) is 0 Å². The van der Waals surface area contributed by atoms with E-state index in [-0.39, 0.29) is 34.5 Å². The highest BCUT2D eigenvalue weighted by molar-refractivity contribution is 6.33. The van der Waals surface area contributed by atoms with Crippen LogP contribution in [0.25, 0.3) is 0 Å². The number of fused-ring (bicyclic) bond motifs is 1. The molecule has 3 rings (SSSR count). The molecule has 1 saturated heterocycles. The number of aromatic nitrogens is 1. The number of hydrogen-bond donors (Lipinski definition) is 1. The zero-order valence-corrected chi connectivity index (χ0v) is 14.3. The summed E-state index contributed by atoms with van der Waals surface area (Å²) in [5.41, 5.74) is 0.324. The first kappa shape index (κ1) is 16.6. The van der Waals surface area contributed by atoms with Gasteiger partial charge in [0.1, 0.15) is 5.83 Å². The van der Waals surface area contributed by atoms with E-state index in [1.807, 2.05) is 13.8 Å². The first-order valence-electron chi connectivity index (χ1n) is 7.52. The first-order chi connectivity index (χ1) is 11.2. The van der Waals surface area contributed by atoms with E-state index in [1.54, 1.807) is 7.05 Å². The SMILES string of the molecule is CN1C(=O)C(C)(C)C2CC(F)=C(NC(=O)c3ccncc3Cl)C=C21. The van der Waals surface area contributed by atoms with Crippen LogP contribution < -0.4 is 5.32 Å². The topological polar surface area (TPSA) is 62.3 Å². The maximum absolute atomic E-state index is 14.5. The van der Waals surface area contributed by atoms with Crippen LogP contribution >= 0.6 is 11.6 Å². The standard InChI is InChI=1S/C17H17ClFN3O2/c1-17(2)10-6-12(19)13(7-14(10)22(3)16(17)24)21-15(23)9-4-5-20-8-11(9)18/h4-5,7-8,10H,6H2,1-3H3,(H,21,23). The molecule has 0 radical (unpaired) electrons. The summed E-state index contributed by atoms with van der Waals surface area (Å²) in [7, 11) is 1.66. The third kappa shape index (κ3) is 2.51. The van der Waals surface area contributed by atoms with E-state index < -0.39 is 17.1 Å². The normalized spacial score (nSPS) is 22.4. The summed E-state index contributed by atoms with van der Waals surface area (Å²) in [6.45, 7) is 3.62. The lowest BCUT2D eigenvalue weighted by Crippen LogP contribution is -2.30. The Kier molecular flexibility index (Phi) is 3.95. The van der Waals surface area contributed by atoms with E-state index in [9.17, 15) is 14.0 Å². The molecule has 7 heteroatoms. The summed E-state index contributed by atoms with van der Waals surface area (Å²) < 4.78 is 14.5. The minimum absolute atomic E-state index is 0.0590. The monoisotopic (exact) mass is 349 g/mol. The molecule has 2 aliphatic rings. The molecule has 126 valence electrons. The van der Waals surface area contributed by atoms with Gasteiger partial charge in [-0.25, -0.2) is 4.39 Å². The van der Waals surface area contributed by atoms with Crippen molar-refractivity contribution in [2.75, 3.05) is 7.05 Å². The van der Waals surface area contributed by atoms with Crippen molar-refractivity contribution >= 4 is 23.4 Å². The van der Waals surface area contributed by atoms with Crippen LogP contribution in [0.15, 0.2) is 41.8 Å². The average Bonchev–Trinajstić information content (AvgIpc) is 2.69. The smallest absolute Gasteiger partial charge is 0.257 e. The van der Waals surface area contributed by atoms with Gasteiger partial charge in [-0.3, -0.25) is 14.6 Å². The molecule has 0 aromatic carbocycles. The molecular formula is C17H17ClFN3O2. The number of hydrogen-bond acceptors (Lipinski definition) is 3. The number of halogens is 2. The van der Waals surface area contributed by atoms with Crippen molar-refractivity contribution in [3.63, 3.8) is 0 Å². The van der Waals surface area contributed by atoms with Crippen LogP contribution in [0, 0.1) is 11.3 Å². The molecule has 2 heterocycles. The predicted molar refractivity (Wildman–Crippen MR) is 87.6 cm³/mol. The van der Waals surface area contributed by atoms with Crippen LogP contribution in [0.2, 0.25) is 5.02 Å². The second-order valence-corrected chi connectivity index (χ2v) is 6.95. The number of nitrogens with one attached hydrogen (secondary N) is 1. The number of carbonyl (C=O) groups is 2. The highest BCUT2D eigenvalue weighted by Crippen LogP contribution is 2.48. The van der Waals surface area contributed by atoms with E-state index in [1.165, 1.54) is 29.4 Å². The van der Waals surface area contributed by atoms with Crippen LogP contribution in [0.3, 0.4) is 0 Å². The fourth-order valence-electron chi connectivity index (χ4n) is 3.23. The molecular weight excluding hydrogens is 333 g/mol. The van der Waals surface area contributed by atoms with Crippen molar-refractivity contribution < 1.29 is 14.0 Å². The van der Waals surface area contributed by atoms with E-state index in [0.29, 0.717) is 5.70 Å². The van der Waals surface area contributed by atoms with Crippen LogP contribution in [-0.2, 0) is 4.79 Å². The maximum Gasteiger partial charge on any atom is 0.257 e. The summed E-state index contributed by atoms with van der Waals surface area (Å²) in [5, 5.41) is 2.73.